The van der Waals surface area contributed by atoms with Crippen molar-refractivity contribution < 1.29 is 28.9 Å². The van der Waals surface area contributed by atoms with Gasteiger partial charge in [0.05, 0.1) is 18.7 Å². The smallest absolute Gasteiger partial charge is 0.295 e. The highest BCUT2D eigenvalue weighted by molar-refractivity contribution is 6.46. The highest BCUT2D eigenvalue weighted by Gasteiger charge is 2.46. The number of hydrogen-bond acceptors (Lipinski definition) is 7. The van der Waals surface area contributed by atoms with Gasteiger partial charge in [-0.15, -0.1) is 0 Å². The lowest BCUT2D eigenvalue weighted by Crippen LogP contribution is -2.32. The Labute approximate surface area is 270 Å². The van der Waals surface area contributed by atoms with Crippen LogP contribution in [0.3, 0.4) is 0 Å². The van der Waals surface area contributed by atoms with E-state index in [4.69, 9.17) is 14.2 Å². The third-order valence-corrected chi connectivity index (χ3v) is 7.90. The number of benzene rings is 4. The number of aryl methyl sites for hydroxylation is 1. The van der Waals surface area contributed by atoms with Gasteiger partial charge >= 0.3 is 0 Å². The quantitative estimate of drug-likeness (QED) is 0.103. The van der Waals surface area contributed by atoms with E-state index in [1.54, 1.807) is 43.5 Å². The molecule has 1 heterocycles. The molecule has 4 aromatic rings. The minimum absolute atomic E-state index is 0.0308. The van der Waals surface area contributed by atoms with Crippen LogP contribution in [0.5, 0.6) is 17.2 Å². The predicted octanol–water partition coefficient (Wildman–Crippen LogP) is 6.54. The van der Waals surface area contributed by atoms with Gasteiger partial charge in [-0.3, -0.25) is 9.59 Å². The maximum atomic E-state index is 13.5. The van der Waals surface area contributed by atoms with Crippen molar-refractivity contribution in [3.05, 3.63) is 130 Å². The minimum atomic E-state index is -0.809. The van der Waals surface area contributed by atoms with Crippen LogP contribution in [0.2, 0.25) is 0 Å². The predicted molar refractivity (Wildman–Crippen MR) is 178 cm³/mol. The summed E-state index contributed by atoms with van der Waals surface area (Å²) in [5.41, 5.74) is 4.29. The average Bonchev–Trinajstić information content (AvgIpc) is 3.31. The molecule has 8 nitrogen and oxygen atoms in total. The summed E-state index contributed by atoms with van der Waals surface area (Å²) in [7, 11) is 5.46. The molecule has 0 bridgehead atoms. The number of ketones is 1. The number of hydrogen-bond donors (Lipinski definition) is 1. The standard InChI is InChI=1S/C38H40N2O6/c1-26-10-8-13-28(22-26)25-45-31-17-14-29(15-18-31)36(41)34-35(40(38(43)37(34)42)21-9-20-39(2)3)30-16-19-32(33(23-30)44-4)46-24-27-11-6-5-7-12-27/h5-8,10-19,22-23,35,41H,9,20-21,24-25H2,1-4H3/b36-34+. The molecular weight excluding hydrogens is 580 g/mol. The summed E-state index contributed by atoms with van der Waals surface area (Å²) in [5.74, 6) is -0.00717. The zero-order valence-electron chi connectivity index (χ0n) is 26.7. The third-order valence-electron chi connectivity index (χ3n) is 7.90. The number of aliphatic hydroxyl groups is 1. The molecule has 1 N–H and O–H groups in total. The molecule has 1 aliphatic heterocycles. The molecule has 46 heavy (non-hydrogen) atoms. The molecule has 5 rings (SSSR count). The van der Waals surface area contributed by atoms with Crippen molar-refractivity contribution >= 4 is 17.4 Å². The van der Waals surface area contributed by atoms with Gasteiger partial charge in [-0.1, -0.05) is 66.2 Å². The lowest BCUT2D eigenvalue weighted by molar-refractivity contribution is -0.139. The summed E-state index contributed by atoms with van der Waals surface area (Å²) in [5, 5.41) is 11.6. The van der Waals surface area contributed by atoms with Crippen LogP contribution in [0.4, 0.5) is 0 Å². The van der Waals surface area contributed by atoms with E-state index in [1.165, 1.54) is 4.90 Å². The summed E-state index contributed by atoms with van der Waals surface area (Å²) < 4.78 is 17.7. The molecular formula is C38H40N2O6. The van der Waals surface area contributed by atoms with Crippen molar-refractivity contribution in [2.45, 2.75) is 32.6 Å². The number of Topliss-reactive ketones (excluding diaryl/α,β-unsaturated/α-hetero) is 1. The summed E-state index contributed by atoms with van der Waals surface area (Å²) in [6.07, 6.45) is 0.652. The van der Waals surface area contributed by atoms with Gasteiger partial charge in [-0.05, 0) is 87.1 Å². The van der Waals surface area contributed by atoms with Crippen molar-refractivity contribution in [3.8, 4) is 17.2 Å². The lowest BCUT2D eigenvalue weighted by atomic mass is 9.95. The third kappa shape index (κ3) is 7.58. The zero-order chi connectivity index (χ0) is 32.6. The number of amides is 1. The molecule has 0 aliphatic carbocycles. The Balaban J connectivity index is 1.45. The number of ether oxygens (including phenoxy) is 3. The second-order valence-electron chi connectivity index (χ2n) is 11.6. The van der Waals surface area contributed by atoms with E-state index in [0.717, 1.165) is 23.2 Å². The van der Waals surface area contributed by atoms with E-state index in [-0.39, 0.29) is 11.3 Å². The molecule has 8 heteroatoms. The molecule has 1 saturated heterocycles. The van der Waals surface area contributed by atoms with Gasteiger partial charge in [0.25, 0.3) is 11.7 Å². The van der Waals surface area contributed by atoms with Crippen LogP contribution in [0, 0.1) is 6.92 Å². The Bertz CT molecular complexity index is 1700. The molecule has 1 atom stereocenters. The maximum absolute atomic E-state index is 13.5. The van der Waals surface area contributed by atoms with Gasteiger partial charge < -0.3 is 29.1 Å². The van der Waals surface area contributed by atoms with Crippen molar-refractivity contribution in [2.24, 2.45) is 0 Å². The Morgan fingerprint density at radius 1 is 0.826 bits per heavy atom. The second kappa shape index (κ2) is 14.8. The van der Waals surface area contributed by atoms with Crippen LogP contribution in [0.15, 0.2) is 103 Å². The number of carbonyl (C=O) groups is 2. The number of aliphatic hydroxyl groups excluding tert-OH is 1. The van der Waals surface area contributed by atoms with Crippen LogP contribution in [-0.2, 0) is 22.8 Å². The molecule has 1 fully saturated rings. The number of likely N-dealkylation sites (tertiary alicyclic amines) is 1. The first kappa shape index (κ1) is 32.3. The zero-order valence-corrected chi connectivity index (χ0v) is 26.7. The number of carbonyl (C=O) groups excluding carboxylic acids is 2. The molecule has 1 unspecified atom stereocenters. The maximum Gasteiger partial charge on any atom is 0.295 e. The lowest BCUT2D eigenvalue weighted by Gasteiger charge is -2.26. The van der Waals surface area contributed by atoms with E-state index in [9.17, 15) is 14.7 Å². The van der Waals surface area contributed by atoms with Gasteiger partial charge in [0.1, 0.15) is 24.7 Å². The normalized spacial score (nSPS) is 15.8. The summed E-state index contributed by atoms with van der Waals surface area (Å²) in [4.78, 5) is 30.5. The van der Waals surface area contributed by atoms with E-state index in [2.05, 4.69) is 6.07 Å². The summed E-state index contributed by atoms with van der Waals surface area (Å²) in [6, 6.07) is 29.3. The first-order valence-electron chi connectivity index (χ1n) is 15.3. The Kier molecular flexibility index (Phi) is 10.4. The summed E-state index contributed by atoms with van der Waals surface area (Å²) >= 11 is 0. The van der Waals surface area contributed by atoms with Crippen molar-refractivity contribution in [2.75, 3.05) is 34.3 Å². The Hall–Kier alpha value is -5.08. The Morgan fingerprint density at radius 3 is 2.24 bits per heavy atom. The summed E-state index contributed by atoms with van der Waals surface area (Å²) in [6.45, 7) is 3.85. The van der Waals surface area contributed by atoms with Crippen molar-refractivity contribution in [3.63, 3.8) is 0 Å². The second-order valence-corrected chi connectivity index (χ2v) is 11.6. The largest absolute Gasteiger partial charge is 0.507 e. The molecule has 1 amide bonds. The van der Waals surface area contributed by atoms with Crippen LogP contribution in [-0.4, -0.2) is 60.9 Å². The van der Waals surface area contributed by atoms with E-state index in [0.29, 0.717) is 54.6 Å². The van der Waals surface area contributed by atoms with Gasteiger partial charge in [0, 0.05) is 12.1 Å². The number of rotatable bonds is 13. The molecule has 0 saturated carbocycles. The van der Waals surface area contributed by atoms with E-state index >= 15 is 0 Å². The fourth-order valence-electron chi connectivity index (χ4n) is 5.56. The van der Waals surface area contributed by atoms with Crippen LogP contribution in [0.25, 0.3) is 5.76 Å². The van der Waals surface area contributed by atoms with Crippen LogP contribution < -0.4 is 14.2 Å². The van der Waals surface area contributed by atoms with Gasteiger partial charge in [0.2, 0.25) is 0 Å². The van der Waals surface area contributed by atoms with E-state index in [1.807, 2.05) is 80.5 Å². The Morgan fingerprint density at radius 2 is 1.54 bits per heavy atom. The fraction of sp³-hybridized carbons (Fsp3) is 0.263. The fourth-order valence-corrected chi connectivity index (χ4v) is 5.56. The van der Waals surface area contributed by atoms with Crippen LogP contribution in [0.1, 0.15) is 40.3 Å². The first-order valence-corrected chi connectivity index (χ1v) is 15.3. The molecule has 1 aliphatic rings. The molecule has 0 radical (unpaired) electrons. The first-order chi connectivity index (χ1) is 22.2. The van der Waals surface area contributed by atoms with Crippen molar-refractivity contribution in [1.82, 2.24) is 9.80 Å². The highest BCUT2D eigenvalue weighted by atomic mass is 16.5. The number of methoxy groups -OCH3 is 1. The molecule has 0 spiro atoms. The van der Waals surface area contributed by atoms with E-state index < -0.39 is 17.7 Å². The monoisotopic (exact) mass is 620 g/mol. The van der Waals surface area contributed by atoms with Crippen LogP contribution >= 0.6 is 0 Å². The topological polar surface area (TPSA) is 88.5 Å². The highest BCUT2D eigenvalue weighted by Crippen LogP contribution is 2.42. The molecule has 0 aromatic heterocycles. The SMILES string of the molecule is COc1cc(C2/C(=C(\O)c3ccc(OCc4cccc(C)c4)cc3)C(=O)C(=O)N2CCCN(C)C)ccc1OCc1ccccc1. The van der Waals surface area contributed by atoms with Gasteiger partial charge in [-0.2, -0.15) is 0 Å². The number of nitrogens with zero attached hydrogens (tertiary/aromatic N) is 2. The van der Waals surface area contributed by atoms with Gasteiger partial charge in [0.15, 0.2) is 11.5 Å². The molecule has 238 valence electrons. The molecule has 4 aromatic carbocycles. The van der Waals surface area contributed by atoms with Crippen molar-refractivity contribution in [1.29, 1.82) is 0 Å². The minimum Gasteiger partial charge on any atom is -0.507 e. The average molecular weight is 621 g/mol. The van der Waals surface area contributed by atoms with Gasteiger partial charge in [-0.25, -0.2) is 0 Å².